The summed E-state index contributed by atoms with van der Waals surface area (Å²) in [6.07, 6.45) is 0.329. The first kappa shape index (κ1) is 32.9. The van der Waals surface area contributed by atoms with Crippen molar-refractivity contribution in [2.24, 2.45) is 0 Å². The largest absolute Gasteiger partial charge is 0.741 e. The summed E-state index contributed by atoms with van der Waals surface area (Å²) in [5.74, 6) is 1.81. The molecule has 0 saturated heterocycles. The Hall–Kier alpha value is -2.64. The van der Waals surface area contributed by atoms with Gasteiger partial charge in [0, 0.05) is 11.0 Å². The van der Waals surface area contributed by atoms with Gasteiger partial charge in [0.15, 0.2) is 19.9 Å². The average Bonchev–Trinajstić information content (AvgIpc) is 3.33. The SMILES string of the molecule is CC(C)Oc1ccc([S+](c2ccc(OC(C)C)cc2)c2ccc(Sc3ccccc3)s2)cc1.O=S(=O)([O-])C(F)(F)F. The quantitative estimate of drug-likeness (QED) is 0.103. The fraction of sp³-hybridized carbons (Fsp3) is 0.241. The molecule has 0 atom stereocenters. The molecular formula is C29H29F3O5S4. The highest BCUT2D eigenvalue weighted by molar-refractivity contribution is 8.02. The van der Waals surface area contributed by atoms with Gasteiger partial charge < -0.3 is 14.0 Å². The van der Waals surface area contributed by atoms with Crippen molar-refractivity contribution in [3.63, 3.8) is 0 Å². The number of benzene rings is 3. The Bertz CT molecular complexity index is 1420. The molecule has 1 aromatic heterocycles. The number of hydrogen-bond donors (Lipinski definition) is 0. The average molecular weight is 643 g/mol. The third-order valence-electron chi connectivity index (χ3n) is 4.87. The number of ether oxygens (including phenoxy) is 2. The van der Waals surface area contributed by atoms with Gasteiger partial charge in [0.1, 0.15) is 22.4 Å². The Kier molecular flexibility index (Phi) is 11.6. The lowest BCUT2D eigenvalue weighted by molar-refractivity contribution is -0.0517. The van der Waals surface area contributed by atoms with Gasteiger partial charge >= 0.3 is 5.51 Å². The zero-order chi connectivity index (χ0) is 30.2. The first-order valence-electron chi connectivity index (χ1n) is 12.4. The Morgan fingerprint density at radius 2 is 1.20 bits per heavy atom. The van der Waals surface area contributed by atoms with E-state index in [9.17, 15) is 13.2 Å². The van der Waals surface area contributed by atoms with Crippen LogP contribution in [0.4, 0.5) is 13.2 Å². The van der Waals surface area contributed by atoms with Crippen molar-refractivity contribution in [2.45, 2.75) is 68.5 Å². The van der Waals surface area contributed by atoms with Crippen LogP contribution in [0.15, 0.2) is 114 Å². The minimum Gasteiger partial charge on any atom is -0.741 e. The molecule has 0 aliphatic heterocycles. The summed E-state index contributed by atoms with van der Waals surface area (Å²) in [7, 11) is -6.29. The van der Waals surface area contributed by atoms with Crippen molar-refractivity contribution in [2.75, 3.05) is 0 Å². The van der Waals surface area contributed by atoms with Gasteiger partial charge in [0.25, 0.3) is 0 Å². The van der Waals surface area contributed by atoms with Crippen LogP contribution in [-0.4, -0.2) is 30.7 Å². The van der Waals surface area contributed by atoms with Crippen LogP contribution < -0.4 is 9.47 Å². The van der Waals surface area contributed by atoms with Gasteiger partial charge in [-0.05, 0) is 94.4 Å². The van der Waals surface area contributed by atoms with Crippen molar-refractivity contribution < 1.29 is 35.6 Å². The molecule has 4 aromatic rings. The summed E-state index contributed by atoms with van der Waals surface area (Å²) in [6.45, 7) is 8.21. The molecule has 0 saturated carbocycles. The topological polar surface area (TPSA) is 75.7 Å². The first-order chi connectivity index (χ1) is 19.2. The Morgan fingerprint density at radius 1 is 0.756 bits per heavy atom. The summed E-state index contributed by atoms with van der Waals surface area (Å²) in [5, 5.41) is 0. The molecule has 41 heavy (non-hydrogen) atoms. The maximum Gasteiger partial charge on any atom is 0.485 e. The van der Waals surface area contributed by atoms with E-state index in [1.54, 1.807) is 0 Å². The molecule has 4 rings (SSSR count). The molecule has 0 aliphatic carbocycles. The lowest BCUT2D eigenvalue weighted by atomic mass is 10.3. The van der Waals surface area contributed by atoms with Gasteiger partial charge in [-0.15, -0.1) is 0 Å². The van der Waals surface area contributed by atoms with E-state index in [0.29, 0.717) is 0 Å². The molecule has 0 spiro atoms. The highest BCUT2D eigenvalue weighted by Crippen LogP contribution is 2.41. The van der Waals surface area contributed by atoms with Crippen LogP contribution in [0.3, 0.4) is 0 Å². The molecule has 12 heteroatoms. The van der Waals surface area contributed by atoms with Gasteiger partial charge in [-0.2, -0.15) is 13.2 Å². The van der Waals surface area contributed by atoms with Gasteiger partial charge in [0.2, 0.25) is 4.21 Å². The molecule has 0 N–H and O–H groups in total. The van der Waals surface area contributed by atoms with Gasteiger partial charge in [0.05, 0.1) is 16.4 Å². The van der Waals surface area contributed by atoms with E-state index in [2.05, 4.69) is 119 Å². The maximum atomic E-state index is 10.7. The van der Waals surface area contributed by atoms with E-state index in [4.69, 9.17) is 22.4 Å². The van der Waals surface area contributed by atoms with E-state index >= 15 is 0 Å². The Morgan fingerprint density at radius 3 is 1.59 bits per heavy atom. The van der Waals surface area contributed by atoms with Crippen LogP contribution in [0, 0.1) is 0 Å². The standard InChI is InChI=1S/C28H29O2S3.CHF3O3S/c1-20(2)29-22-10-14-25(15-11-22)33(26-16-12-23(13-17-26)30-21(3)4)28-19-18-27(32-28)31-24-8-6-5-7-9-24;2-1(3,4)8(5,6)7/h5-21H,1-4H3;(H,5,6,7)/q+1;/p-1. The normalized spacial score (nSPS) is 11.9. The summed E-state index contributed by atoms with van der Waals surface area (Å²) in [4.78, 5) is 3.82. The predicted octanol–water partition coefficient (Wildman–Crippen LogP) is 8.62. The second-order valence-electron chi connectivity index (χ2n) is 8.97. The van der Waals surface area contributed by atoms with Crippen molar-refractivity contribution >= 4 is 44.1 Å². The lowest BCUT2D eigenvalue weighted by Gasteiger charge is -2.12. The monoisotopic (exact) mass is 642 g/mol. The third kappa shape index (κ3) is 10.3. The zero-order valence-electron chi connectivity index (χ0n) is 22.6. The van der Waals surface area contributed by atoms with Crippen LogP contribution in [-0.2, 0) is 21.0 Å². The van der Waals surface area contributed by atoms with Crippen LogP contribution >= 0.6 is 23.1 Å². The fourth-order valence-corrected chi connectivity index (χ4v) is 8.25. The van der Waals surface area contributed by atoms with Crippen molar-refractivity contribution in [3.8, 4) is 11.5 Å². The minimum atomic E-state index is -6.09. The number of hydrogen-bond acceptors (Lipinski definition) is 7. The molecule has 3 aromatic carbocycles. The third-order valence-corrected chi connectivity index (χ3v) is 10.2. The van der Waals surface area contributed by atoms with Crippen LogP contribution in [0.1, 0.15) is 27.7 Å². The fourth-order valence-electron chi connectivity index (χ4n) is 3.29. The second-order valence-corrected chi connectivity index (χ2v) is 15.1. The maximum absolute atomic E-state index is 10.7. The van der Waals surface area contributed by atoms with Crippen molar-refractivity contribution in [1.29, 1.82) is 0 Å². The highest BCUT2D eigenvalue weighted by Gasteiger charge is 2.37. The van der Waals surface area contributed by atoms with E-state index in [-0.39, 0.29) is 23.1 Å². The summed E-state index contributed by atoms with van der Waals surface area (Å²) in [5.41, 5.74) is -5.65. The van der Waals surface area contributed by atoms with E-state index < -0.39 is 15.6 Å². The second kappa shape index (κ2) is 14.5. The Balaban J connectivity index is 0.000000507. The summed E-state index contributed by atoms with van der Waals surface area (Å²) < 4.78 is 73.3. The number of alkyl halides is 3. The molecule has 0 bridgehead atoms. The molecule has 5 nitrogen and oxygen atoms in total. The molecule has 0 fully saturated rings. The minimum absolute atomic E-state index is 0.164. The smallest absolute Gasteiger partial charge is 0.485 e. The summed E-state index contributed by atoms with van der Waals surface area (Å²) >= 11 is 3.69. The predicted molar refractivity (Wildman–Crippen MR) is 157 cm³/mol. The van der Waals surface area contributed by atoms with Gasteiger partial charge in [-0.25, -0.2) is 8.42 Å². The lowest BCUT2D eigenvalue weighted by Crippen LogP contribution is -2.21. The zero-order valence-corrected chi connectivity index (χ0v) is 25.9. The number of thiophene rings is 1. The molecule has 0 aliphatic rings. The molecule has 0 radical (unpaired) electrons. The molecular weight excluding hydrogens is 614 g/mol. The van der Waals surface area contributed by atoms with Crippen molar-refractivity contribution in [1.82, 2.24) is 0 Å². The Labute approximate surface area is 249 Å². The van der Waals surface area contributed by atoms with E-state index in [0.717, 1.165) is 11.5 Å². The number of halogens is 3. The summed E-state index contributed by atoms with van der Waals surface area (Å²) in [6, 6.07) is 32.2. The van der Waals surface area contributed by atoms with E-state index in [1.165, 1.54) is 23.1 Å². The highest BCUT2D eigenvalue weighted by atomic mass is 32.2. The molecule has 220 valence electrons. The van der Waals surface area contributed by atoms with E-state index in [1.807, 2.05) is 23.1 Å². The molecule has 0 amide bonds. The van der Waals surface area contributed by atoms with Crippen LogP contribution in [0.25, 0.3) is 0 Å². The van der Waals surface area contributed by atoms with Crippen LogP contribution in [0.5, 0.6) is 11.5 Å². The van der Waals surface area contributed by atoms with Crippen molar-refractivity contribution in [3.05, 3.63) is 91.0 Å². The first-order valence-corrected chi connectivity index (χ1v) is 16.6. The van der Waals surface area contributed by atoms with Gasteiger partial charge in [-0.3, -0.25) is 0 Å². The number of rotatable bonds is 9. The molecule has 1 heterocycles. The van der Waals surface area contributed by atoms with Gasteiger partial charge in [-0.1, -0.05) is 41.3 Å². The van der Waals surface area contributed by atoms with Crippen LogP contribution in [0.2, 0.25) is 0 Å². The molecule has 0 unspecified atom stereocenters.